The van der Waals surface area contributed by atoms with E-state index >= 15 is 0 Å². The number of amides is 1. The minimum Gasteiger partial charge on any atom is -0.330 e. The molecule has 0 aliphatic heterocycles. The SMILES string of the molecule is NCCCCC(=O)Nc1cccc(-c2nn(CS(=O)(=O)O)c(=O)c3c2CCCC3)c1. The summed E-state index contributed by atoms with van der Waals surface area (Å²) >= 11 is 0. The van der Waals surface area contributed by atoms with E-state index < -0.39 is 21.6 Å². The van der Waals surface area contributed by atoms with Crippen LogP contribution in [0, 0.1) is 0 Å². The Labute approximate surface area is 175 Å². The highest BCUT2D eigenvalue weighted by Gasteiger charge is 2.23. The van der Waals surface area contributed by atoms with Crippen molar-refractivity contribution < 1.29 is 17.8 Å². The van der Waals surface area contributed by atoms with Crippen LogP contribution in [-0.4, -0.2) is 35.2 Å². The van der Waals surface area contributed by atoms with E-state index in [9.17, 15) is 22.6 Å². The smallest absolute Gasteiger partial charge is 0.285 e. The highest BCUT2D eigenvalue weighted by molar-refractivity contribution is 7.84. The number of aromatic nitrogens is 2. The summed E-state index contributed by atoms with van der Waals surface area (Å²) in [6.07, 6.45) is 4.78. The maximum absolute atomic E-state index is 12.7. The first kappa shape index (κ1) is 22.1. The van der Waals surface area contributed by atoms with Gasteiger partial charge in [-0.2, -0.15) is 13.5 Å². The molecule has 10 heteroatoms. The van der Waals surface area contributed by atoms with Gasteiger partial charge in [-0.15, -0.1) is 0 Å². The first-order chi connectivity index (χ1) is 14.3. The minimum atomic E-state index is -4.43. The monoisotopic (exact) mass is 434 g/mol. The number of nitrogens with two attached hydrogens (primary N) is 1. The van der Waals surface area contributed by atoms with Crippen LogP contribution in [0.3, 0.4) is 0 Å². The van der Waals surface area contributed by atoms with Gasteiger partial charge in [-0.3, -0.25) is 14.1 Å². The number of hydrogen-bond donors (Lipinski definition) is 3. The number of fused-ring (bicyclic) bond motifs is 1. The molecule has 1 aliphatic carbocycles. The van der Waals surface area contributed by atoms with Gasteiger partial charge in [-0.1, -0.05) is 12.1 Å². The zero-order valence-corrected chi connectivity index (χ0v) is 17.5. The van der Waals surface area contributed by atoms with Crippen LogP contribution in [0.25, 0.3) is 11.3 Å². The summed E-state index contributed by atoms with van der Waals surface area (Å²) in [5, 5.41) is 7.10. The van der Waals surface area contributed by atoms with Gasteiger partial charge in [0.1, 0.15) is 0 Å². The molecule has 0 fully saturated rings. The van der Waals surface area contributed by atoms with Crippen molar-refractivity contribution in [2.45, 2.75) is 50.8 Å². The zero-order chi connectivity index (χ0) is 21.7. The van der Waals surface area contributed by atoms with Crippen LogP contribution >= 0.6 is 0 Å². The molecule has 3 rings (SSSR count). The lowest BCUT2D eigenvalue weighted by Crippen LogP contribution is -2.32. The number of anilines is 1. The average Bonchev–Trinajstić information content (AvgIpc) is 2.69. The molecular weight excluding hydrogens is 408 g/mol. The molecule has 0 atom stereocenters. The van der Waals surface area contributed by atoms with E-state index in [1.807, 2.05) is 0 Å². The lowest BCUT2D eigenvalue weighted by molar-refractivity contribution is -0.116. The third kappa shape index (κ3) is 5.53. The van der Waals surface area contributed by atoms with E-state index in [1.165, 1.54) is 0 Å². The second kappa shape index (κ2) is 9.50. The van der Waals surface area contributed by atoms with Gasteiger partial charge in [0.05, 0.1) is 5.69 Å². The Morgan fingerprint density at radius 3 is 2.63 bits per heavy atom. The molecule has 1 aliphatic rings. The molecule has 4 N–H and O–H groups in total. The maximum Gasteiger partial charge on any atom is 0.285 e. The van der Waals surface area contributed by atoms with Crippen molar-refractivity contribution in [3.63, 3.8) is 0 Å². The average molecular weight is 435 g/mol. The predicted octanol–water partition coefficient (Wildman–Crippen LogP) is 1.70. The number of nitrogens with zero attached hydrogens (tertiary/aromatic N) is 2. The molecule has 162 valence electrons. The molecule has 1 heterocycles. The van der Waals surface area contributed by atoms with Crippen molar-refractivity contribution in [2.75, 3.05) is 11.9 Å². The molecular formula is C20H26N4O5S. The first-order valence-electron chi connectivity index (χ1n) is 9.97. The number of hydrogen-bond acceptors (Lipinski definition) is 6. The Morgan fingerprint density at radius 1 is 1.20 bits per heavy atom. The number of unbranched alkanes of at least 4 members (excludes halogenated alkanes) is 1. The van der Waals surface area contributed by atoms with Crippen molar-refractivity contribution in [1.82, 2.24) is 9.78 Å². The van der Waals surface area contributed by atoms with Gasteiger partial charge in [0, 0.05) is 23.2 Å². The van der Waals surface area contributed by atoms with Crippen molar-refractivity contribution >= 4 is 21.7 Å². The van der Waals surface area contributed by atoms with Gasteiger partial charge in [-0.25, -0.2) is 4.68 Å². The van der Waals surface area contributed by atoms with Crippen molar-refractivity contribution in [2.24, 2.45) is 5.73 Å². The second-order valence-electron chi connectivity index (χ2n) is 7.40. The summed E-state index contributed by atoms with van der Waals surface area (Å²) in [5.41, 5.74) is 8.03. The second-order valence-corrected chi connectivity index (χ2v) is 8.83. The Morgan fingerprint density at radius 2 is 1.93 bits per heavy atom. The molecule has 30 heavy (non-hydrogen) atoms. The number of carbonyl (C=O) groups excluding carboxylic acids is 1. The van der Waals surface area contributed by atoms with Crippen molar-refractivity contribution in [3.8, 4) is 11.3 Å². The molecule has 1 aromatic heterocycles. The van der Waals surface area contributed by atoms with Crippen LogP contribution in [-0.2, 0) is 33.6 Å². The van der Waals surface area contributed by atoms with E-state index in [1.54, 1.807) is 24.3 Å². The normalized spacial score (nSPS) is 13.7. The van der Waals surface area contributed by atoms with Crippen LogP contribution in [0.1, 0.15) is 43.2 Å². The molecule has 0 saturated heterocycles. The first-order valence-corrected chi connectivity index (χ1v) is 11.6. The summed E-state index contributed by atoms with van der Waals surface area (Å²) in [7, 11) is -4.43. The fourth-order valence-corrected chi connectivity index (χ4v) is 4.14. The van der Waals surface area contributed by atoms with E-state index in [0.29, 0.717) is 54.7 Å². The van der Waals surface area contributed by atoms with Gasteiger partial charge in [0.2, 0.25) is 5.91 Å². The quantitative estimate of drug-likeness (QED) is 0.423. The molecule has 1 aromatic carbocycles. The van der Waals surface area contributed by atoms with Crippen LogP contribution in [0.15, 0.2) is 29.1 Å². The van der Waals surface area contributed by atoms with Crippen LogP contribution in [0.5, 0.6) is 0 Å². The molecule has 0 radical (unpaired) electrons. The summed E-state index contributed by atoms with van der Waals surface area (Å²) in [6.45, 7) is 0.540. The van der Waals surface area contributed by atoms with E-state index in [4.69, 9.17) is 5.73 Å². The van der Waals surface area contributed by atoms with Gasteiger partial charge >= 0.3 is 0 Å². The predicted molar refractivity (Wildman–Crippen MR) is 114 cm³/mol. The number of rotatable bonds is 8. The Kier molecular flexibility index (Phi) is 7.01. The number of benzene rings is 1. The van der Waals surface area contributed by atoms with Crippen LogP contribution in [0.4, 0.5) is 5.69 Å². The minimum absolute atomic E-state index is 0.119. The third-order valence-corrected chi connectivity index (χ3v) is 5.60. The molecule has 0 unspecified atom stereocenters. The molecule has 0 spiro atoms. The van der Waals surface area contributed by atoms with Gasteiger partial charge < -0.3 is 11.1 Å². The molecule has 0 saturated carbocycles. The fourth-order valence-electron chi connectivity index (χ4n) is 3.66. The third-order valence-electron chi connectivity index (χ3n) is 5.03. The van der Waals surface area contributed by atoms with Gasteiger partial charge in [0.25, 0.3) is 15.7 Å². The summed E-state index contributed by atoms with van der Waals surface area (Å²) in [6, 6.07) is 7.06. The van der Waals surface area contributed by atoms with Crippen molar-refractivity contribution in [3.05, 3.63) is 45.7 Å². The summed E-state index contributed by atoms with van der Waals surface area (Å²) < 4.78 is 32.7. The largest absolute Gasteiger partial charge is 0.330 e. The lowest BCUT2D eigenvalue weighted by atomic mass is 9.90. The molecule has 2 aromatic rings. The number of nitrogens with one attached hydrogen (secondary N) is 1. The lowest BCUT2D eigenvalue weighted by Gasteiger charge is -2.20. The van der Waals surface area contributed by atoms with Crippen LogP contribution in [0.2, 0.25) is 0 Å². The van der Waals surface area contributed by atoms with Gasteiger partial charge in [0.15, 0.2) is 5.88 Å². The van der Waals surface area contributed by atoms with E-state index in [0.717, 1.165) is 29.5 Å². The molecule has 1 amide bonds. The maximum atomic E-state index is 12.7. The summed E-state index contributed by atoms with van der Waals surface area (Å²) in [4.78, 5) is 24.8. The summed E-state index contributed by atoms with van der Waals surface area (Å²) in [5.74, 6) is -1.02. The Balaban J connectivity index is 1.98. The van der Waals surface area contributed by atoms with Gasteiger partial charge in [-0.05, 0) is 62.8 Å². The fraction of sp³-hybridized carbons (Fsp3) is 0.450. The topological polar surface area (TPSA) is 144 Å². The highest BCUT2D eigenvalue weighted by atomic mass is 32.2. The Bertz CT molecular complexity index is 1090. The zero-order valence-electron chi connectivity index (χ0n) is 16.6. The van der Waals surface area contributed by atoms with E-state index in [2.05, 4.69) is 10.4 Å². The van der Waals surface area contributed by atoms with Crippen LogP contribution < -0.4 is 16.6 Å². The number of carbonyl (C=O) groups is 1. The van der Waals surface area contributed by atoms with Crippen molar-refractivity contribution in [1.29, 1.82) is 0 Å². The molecule has 0 bridgehead atoms. The Hall–Kier alpha value is -2.56. The molecule has 9 nitrogen and oxygen atoms in total. The standard InChI is InChI=1S/C20H26N4O5S/c21-11-4-3-10-18(25)22-15-7-5-6-14(12-15)19-16-8-1-2-9-17(16)20(26)24(23-19)13-30(27,28)29/h5-7,12H,1-4,8-11,13,21H2,(H,22,25)(H,27,28,29). The highest BCUT2D eigenvalue weighted by Crippen LogP contribution is 2.29. The van der Waals surface area contributed by atoms with E-state index in [-0.39, 0.29) is 5.91 Å².